The fourth-order valence-electron chi connectivity index (χ4n) is 1.59. The van der Waals surface area contributed by atoms with Crippen LogP contribution in [0.3, 0.4) is 0 Å². The highest BCUT2D eigenvalue weighted by atomic mass is 32.2. The van der Waals surface area contributed by atoms with Crippen LogP contribution in [0, 0.1) is 11.8 Å². The number of rotatable bonds is 8. The van der Waals surface area contributed by atoms with E-state index in [1.54, 1.807) is 0 Å². The summed E-state index contributed by atoms with van der Waals surface area (Å²) in [5.41, 5.74) is 0. The number of thioether (sulfide) groups is 1. The van der Waals surface area contributed by atoms with Gasteiger partial charge >= 0.3 is 5.97 Å². The van der Waals surface area contributed by atoms with Crippen molar-refractivity contribution >= 4 is 23.6 Å². The number of aliphatic carboxylic acids is 1. The number of hydrogen-bond acceptors (Lipinski definition) is 3. The molecule has 0 aromatic rings. The van der Waals surface area contributed by atoms with Gasteiger partial charge in [-0.2, -0.15) is 11.8 Å². The number of carboxylic acid groups (broad SMARTS) is 1. The van der Waals surface area contributed by atoms with E-state index in [0.717, 1.165) is 6.42 Å². The molecule has 0 bridgehead atoms. The largest absolute Gasteiger partial charge is 0.481 e. The molecule has 0 radical (unpaired) electrons. The van der Waals surface area contributed by atoms with Gasteiger partial charge in [-0.05, 0) is 24.5 Å². The quantitative estimate of drug-likeness (QED) is 0.684. The van der Waals surface area contributed by atoms with Crippen molar-refractivity contribution in [3.05, 3.63) is 0 Å². The first-order valence-corrected chi connectivity index (χ1v) is 6.82. The van der Waals surface area contributed by atoms with Gasteiger partial charge in [0.1, 0.15) is 0 Å². The Labute approximate surface area is 101 Å². The molecule has 0 spiro atoms. The van der Waals surface area contributed by atoms with E-state index in [1.165, 1.54) is 11.8 Å². The number of amides is 1. The van der Waals surface area contributed by atoms with Crippen LogP contribution >= 0.6 is 11.8 Å². The van der Waals surface area contributed by atoms with Crippen molar-refractivity contribution < 1.29 is 14.7 Å². The molecule has 0 aliphatic heterocycles. The summed E-state index contributed by atoms with van der Waals surface area (Å²) in [6.45, 7) is 4.57. The van der Waals surface area contributed by atoms with Crippen molar-refractivity contribution in [2.24, 2.45) is 11.8 Å². The highest BCUT2D eigenvalue weighted by Gasteiger charge is 2.15. The summed E-state index contributed by atoms with van der Waals surface area (Å²) in [6.07, 6.45) is 2.81. The van der Waals surface area contributed by atoms with Gasteiger partial charge in [0.2, 0.25) is 5.91 Å². The van der Waals surface area contributed by atoms with Crippen molar-refractivity contribution in [2.45, 2.75) is 26.7 Å². The molecule has 0 aromatic heterocycles. The average molecular weight is 247 g/mol. The van der Waals surface area contributed by atoms with Gasteiger partial charge in [-0.1, -0.05) is 13.8 Å². The van der Waals surface area contributed by atoms with Gasteiger partial charge in [-0.25, -0.2) is 0 Å². The van der Waals surface area contributed by atoms with Gasteiger partial charge in [0.05, 0.1) is 5.75 Å². The van der Waals surface area contributed by atoms with Crippen LogP contribution in [-0.4, -0.2) is 35.5 Å². The summed E-state index contributed by atoms with van der Waals surface area (Å²) in [4.78, 5) is 21.9. The van der Waals surface area contributed by atoms with Crippen LogP contribution in [0.15, 0.2) is 0 Å². The van der Waals surface area contributed by atoms with Crippen molar-refractivity contribution in [3.63, 3.8) is 0 Å². The van der Waals surface area contributed by atoms with Crippen molar-refractivity contribution in [1.29, 1.82) is 0 Å². The molecule has 4 nitrogen and oxygen atoms in total. The van der Waals surface area contributed by atoms with Crippen LogP contribution in [0.4, 0.5) is 0 Å². The zero-order valence-corrected chi connectivity index (χ0v) is 11.0. The number of nitrogens with one attached hydrogen (secondary N) is 1. The molecule has 0 heterocycles. The van der Waals surface area contributed by atoms with E-state index in [4.69, 9.17) is 5.11 Å². The predicted octanol–water partition coefficient (Wildman–Crippen LogP) is 1.60. The highest BCUT2D eigenvalue weighted by molar-refractivity contribution is 7.99. The molecule has 5 heteroatoms. The minimum absolute atomic E-state index is 0.0216. The molecule has 94 valence electrons. The lowest BCUT2D eigenvalue weighted by atomic mass is 9.94. The maximum Gasteiger partial charge on any atom is 0.303 e. The Morgan fingerprint density at radius 3 is 2.44 bits per heavy atom. The summed E-state index contributed by atoms with van der Waals surface area (Å²) in [5.74, 6) is 0.0862. The van der Waals surface area contributed by atoms with E-state index in [-0.39, 0.29) is 18.2 Å². The number of hydrogen-bond donors (Lipinski definition) is 2. The predicted molar refractivity (Wildman–Crippen MR) is 66.6 cm³/mol. The van der Waals surface area contributed by atoms with E-state index in [9.17, 15) is 9.59 Å². The maximum absolute atomic E-state index is 11.2. The van der Waals surface area contributed by atoms with Crippen molar-refractivity contribution in [3.8, 4) is 0 Å². The van der Waals surface area contributed by atoms with Crippen LogP contribution in [-0.2, 0) is 9.59 Å². The van der Waals surface area contributed by atoms with Crippen molar-refractivity contribution in [1.82, 2.24) is 5.32 Å². The van der Waals surface area contributed by atoms with Crippen LogP contribution in [0.25, 0.3) is 0 Å². The van der Waals surface area contributed by atoms with E-state index in [2.05, 4.69) is 19.2 Å². The number of carbonyl (C=O) groups is 2. The molecular formula is C11H21NO3S. The molecular weight excluding hydrogens is 226 g/mol. The highest BCUT2D eigenvalue weighted by Crippen LogP contribution is 2.14. The lowest BCUT2D eigenvalue weighted by Gasteiger charge is -2.17. The second-order valence-electron chi connectivity index (χ2n) is 4.33. The van der Waals surface area contributed by atoms with Crippen molar-refractivity contribution in [2.75, 3.05) is 18.6 Å². The monoisotopic (exact) mass is 247 g/mol. The van der Waals surface area contributed by atoms with Gasteiger partial charge < -0.3 is 10.4 Å². The molecule has 0 saturated heterocycles. The summed E-state index contributed by atoms with van der Waals surface area (Å²) in [5, 5.41) is 11.5. The Bertz CT molecular complexity index is 231. The molecule has 1 unspecified atom stereocenters. The number of carboxylic acids is 1. The molecule has 0 fully saturated rings. The zero-order chi connectivity index (χ0) is 12.6. The van der Waals surface area contributed by atoms with E-state index in [0.29, 0.717) is 18.2 Å². The number of carbonyl (C=O) groups excluding carboxylic acids is 1. The molecule has 16 heavy (non-hydrogen) atoms. The summed E-state index contributed by atoms with van der Waals surface area (Å²) >= 11 is 1.46. The first-order valence-electron chi connectivity index (χ1n) is 5.43. The molecule has 0 rings (SSSR count). The summed E-state index contributed by atoms with van der Waals surface area (Å²) in [6, 6.07) is 0. The second kappa shape index (κ2) is 8.44. The zero-order valence-electron chi connectivity index (χ0n) is 10.2. The third-order valence-corrected chi connectivity index (χ3v) is 2.68. The molecule has 2 N–H and O–H groups in total. The minimum atomic E-state index is -0.801. The van der Waals surface area contributed by atoms with Gasteiger partial charge in [0, 0.05) is 13.0 Å². The fraction of sp³-hybridized carbons (Fsp3) is 0.818. The lowest BCUT2D eigenvalue weighted by Crippen LogP contribution is -2.32. The van der Waals surface area contributed by atoms with Gasteiger partial charge in [-0.3, -0.25) is 9.59 Å². The molecule has 1 atom stereocenters. The maximum atomic E-state index is 11.2. The standard InChI is InChI=1S/C11H21NO3S/c1-8(2)4-9(5-11(14)15)6-12-10(13)7-16-3/h8-9H,4-7H2,1-3H3,(H,12,13)(H,14,15). The topological polar surface area (TPSA) is 66.4 Å². The molecule has 0 saturated carbocycles. The third kappa shape index (κ3) is 8.59. The van der Waals surface area contributed by atoms with Gasteiger partial charge in [0.25, 0.3) is 0 Å². The minimum Gasteiger partial charge on any atom is -0.481 e. The summed E-state index contributed by atoms with van der Waals surface area (Å²) < 4.78 is 0. The third-order valence-electron chi connectivity index (χ3n) is 2.13. The fourth-order valence-corrected chi connectivity index (χ4v) is 1.96. The Kier molecular flexibility index (Phi) is 8.07. The molecule has 1 amide bonds. The first kappa shape index (κ1) is 15.3. The van der Waals surface area contributed by atoms with Gasteiger partial charge in [-0.15, -0.1) is 0 Å². The van der Waals surface area contributed by atoms with Crippen LogP contribution < -0.4 is 5.32 Å². The Morgan fingerprint density at radius 1 is 1.38 bits per heavy atom. The van der Waals surface area contributed by atoms with Crippen LogP contribution in [0.2, 0.25) is 0 Å². The van der Waals surface area contributed by atoms with Crippen LogP contribution in [0.5, 0.6) is 0 Å². The SMILES string of the molecule is CSCC(=O)NCC(CC(=O)O)CC(C)C. The van der Waals surface area contributed by atoms with Gasteiger partial charge in [0.15, 0.2) is 0 Å². The lowest BCUT2D eigenvalue weighted by molar-refractivity contribution is -0.138. The van der Waals surface area contributed by atoms with Crippen LogP contribution in [0.1, 0.15) is 26.7 Å². The molecule has 0 aliphatic rings. The Balaban J connectivity index is 4.00. The average Bonchev–Trinajstić information content (AvgIpc) is 2.13. The Hall–Kier alpha value is -0.710. The summed E-state index contributed by atoms with van der Waals surface area (Å²) in [7, 11) is 0. The first-order chi connectivity index (χ1) is 7.45. The normalized spacial score (nSPS) is 12.5. The smallest absolute Gasteiger partial charge is 0.303 e. The second-order valence-corrected chi connectivity index (χ2v) is 5.20. The Morgan fingerprint density at radius 2 is 2.00 bits per heavy atom. The van der Waals surface area contributed by atoms with E-state index >= 15 is 0 Å². The molecule has 0 aromatic carbocycles. The molecule has 0 aliphatic carbocycles. The van der Waals surface area contributed by atoms with E-state index in [1.807, 2.05) is 6.26 Å². The van der Waals surface area contributed by atoms with E-state index < -0.39 is 5.97 Å².